The highest BCUT2D eigenvalue weighted by Gasteiger charge is 2.20. The Bertz CT molecular complexity index is 692. The average molecular weight is 700 g/mol. The number of piperazine rings is 1. The van der Waals surface area contributed by atoms with E-state index in [9.17, 15) is 9.59 Å². The van der Waals surface area contributed by atoms with E-state index < -0.39 is 0 Å². The van der Waals surface area contributed by atoms with Crippen LogP contribution in [0.4, 0.5) is 9.59 Å². The maximum Gasteiger partial charge on any atom is 0.317 e. The van der Waals surface area contributed by atoms with Gasteiger partial charge in [0.25, 0.3) is 0 Å². The second-order valence-corrected chi connectivity index (χ2v) is 16.0. The molecule has 1 fully saturated rings. The number of thioether (sulfide) groups is 2. The summed E-state index contributed by atoms with van der Waals surface area (Å²) in [6.45, 7) is 10.8. The second-order valence-electron chi connectivity index (χ2n) is 13.5. The number of hydrogen-bond acceptors (Lipinski definition) is 5. The van der Waals surface area contributed by atoms with Gasteiger partial charge in [0.2, 0.25) is 0 Å². The highest BCUT2D eigenvalue weighted by Crippen LogP contribution is 2.14. The first-order chi connectivity index (χ1) is 23.2. The minimum Gasteiger partial charge on any atom is -0.338 e. The Morgan fingerprint density at radius 1 is 0.468 bits per heavy atom. The summed E-state index contributed by atoms with van der Waals surface area (Å²) in [6.07, 6.45) is 29.9. The van der Waals surface area contributed by atoms with Gasteiger partial charge in [-0.2, -0.15) is 23.5 Å². The first kappa shape index (κ1) is 44.2. The van der Waals surface area contributed by atoms with Crippen LogP contribution in [-0.4, -0.2) is 97.2 Å². The van der Waals surface area contributed by atoms with Gasteiger partial charge < -0.3 is 20.9 Å². The van der Waals surface area contributed by atoms with Crippen LogP contribution >= 0.6 is 23.5 Å². The molecule has 0 saturated carbocycles. The normalized spacial score (nSPS) is 13.6. The zero-order valence-electron chi connectivity index (χ0n) is 31.1. The van der Waals surface area contributed by atoms with Crippen molar-refractivity contribution in [2.75, 3.05) is 75.4 Å². The predicted octanol–water partition coefficient (Wildman–Crippen LogP) is 9.70. The Hall–Kier alpha value is -0.800. The fourth-order valence-electron chi connectivity index (χ4n) is 6.01. The summed E-state index contributed by atoms with van der Waals surface area (Å²) in [5.74, 6) is 4.75. The maximum atomic E-state index is 12.5. The van der Waals surface area contributed by atoms with Gasteiger partial charge >= 0.3 is 12.1 Å². The number of urea groups is 2. The largest absolute Gasteiger partial charge is 0.338 e. The summed E-state index contributed by atoms with van der Waals surface area (Å²) >= 11 is 4.06. The fraction of sp³-hybridized carbons (Fsp3) is 0.947. The van der Waals surface area contributed by atoms with Crippen LogP contribution in [0.3, 0.4) is 0 Å². The average Bonchev–Trinajstić information content (AvgIpc) is 3.08. The van der Waals surface area contributed by atoms with E-state index in [1.54, 1.807) is 0 Å². The zero-order valence-corrected chi connectivity index (χ0v) is 32.7. The summed E-state index contributed by atoms with van der Waals surface area (Å²) in [4.78, 5) is 28.9. The molecule has 1 saturated heterocycles. The lowest BCUT2D eigenvalue weighted by atomic mass is 10.1. The first-order valence-corrected chi connectivity index (χ1v) is 22.4. The number of nitrogens with one attached hydrogen (secondary N) is 3. The Kier molecular flexibility index (Phi) is 33.0. The molecule has 0 bridgehead atoms. The molecule has 0 unspecified atom stereocenters. The lowest BCUT2D eigenvalue weighted by molar-refractivity contribution is 0.140. The lowest BCUT2D eigenvalue weighted by Gasteiger charge is -2.34. The number of rotatable bonds is 33. The molecule has 1 rings (SSSR count). The number of nitrogens with zero attached hydrogens (tertiary/aromatic N) is 2. The van der Waals surface area contributed by atoms with Crippen LogP contribution in [0.15, 0.2) is 0 Å². The van der Waals surface area contributed by atoms with Crippen LogP contribution in [0.25, 0.3) is 0 Å². The fourth-order valence-corrected chi connectivity index (χ4v) is 7.93. The van der Waals surface area contributed by atoms with E-state index >= 15 is 0 Å². The van der Waals surface area contributed by atoms with Gasteiger partial charge in [-0.1, -0.05) is 129 Å². The minimum absolute atomic E-state index is 0.0654. The Balaban J connectivity index is 1.83. The summed E-state index contributed by atoms with van der Waals surface area (Å²) < 4.78 is 0. The van der Waals surface area contributed by atoms with Gasteiger partial charge in [-0.15, -0.1) is 0 Å². The van der Waals surface area contributed by atoms with Crippen LogP contribution < -0.4 is 16.0 Å². The Morgan fingerprint density at radius 3 is 1.32 bits per heavy atom. The van der Waals surface area contributed by atoms with Gasteiger partial charge in [-0.05, 0) is 48.7 Å². The van der Waals surface area contributed by atoms with Crippen molar-refractivity contribution in [3.05, 3.63) is 0 Å². The van der Waals surface area contributed by atoms with E-state index in [-0.39, 0.29) is 12.1 Å². The second kappa shape index (κ2) is 35.0. The number of hydrogen-bond donors (Lipinski definition) is 3. The standard InChI is InChI=1S/C38H77N5O2S2/c1-3-5-7-9-11-13-15-17-19-21-33-46-35-23-25-39-37(44)40-27-28-42-29-31-43(32-30-42)38(45)41-26-24-36-47-34-22-20-18-16-14-12-10-8-6-4-2/h3-36H2,1-2H3,(H,41,45)(H2,39,40,44). The third-order valence-corrected chi connectivity index (χ3v) is 11.5. The molecule has 47 heavy (non-hydrogen) atoms. The summed E-state index contributed by atoms with van der Waals surface area (Å²) in [5.41, 5.74) is 0. The minimum atomic E-state index is -0.0654. The number of carbonyl (C=O) groups excluding carboxylic acids is 2. The molecule has 0 radical (unpaired) electrons. The highest BCUT2D eigenvalue weighted by atomic mass is 32.2. The van der Waals surface area contributed by atoms with E-state index in [2.05, 4.69) is 34.7 Å². The summed E-state index contributed by atoms with van der Waals surface area (Å²) in [7, 11) is 0. The van der Waals surface area contributed by atoms with Crippen molar-refractivity contribution in [1.82, 2.24) is 25.8 Å². The molecule has 7 nitrogen and oxygen atoms in total. The van der Waals surface area contributed by atoms with Crippen molar-refractivity contribution in [1.29, 1.82) is 0 Å². The van der Waals surface area contributed by atoms with Gasteiger partial charge in [-0.3, -0.25) is 4.90 Å². The molecule has 1 aliphatic heterocycles. The van der Waals surface area contributed by atoms with E-state index in [0.717, 1.165) is 70.2 Å². The van der Waals surface area contributed by atoms with Crippen LogP contribution in [0.1, 0.15) is 155 Å². The predicted molar refractivity (Wildman–Crippen MR) is 210 cm³/mol. The van der Waals surface area contributed by atoms with Crippen LogP contribution in [0.2, 0.25) is 0 Å². The molecule has 1 heterocycles. The molecule has 0 spiro atoms. The van der Waals surface area contributed by atoms with E-state index in [4.69, 9.17) is 0 Å². The topological polar surface area (TPSA) is 76.7 Å². The molecule has 0 aromatic rings. The van der Waals surface area contributed by atoms with Crippen molar-refractivity contribution >= 4 is 35.6 Å². The van der Waals surface area contributed by atoms with Gasteiger partial charge in [0.15, 0.2) is 0 Å². The quantitative estimate of drug-likeness (QED) is 0.0595. The van der Waals surface area contributed by atoms with E-state index in [1.165, 1.54) is 140 Å². The monoisotopic (exact) mass is 700 g/mol. The van der Waals surface area contributed by atoms with Crippen molar-refractivity contribution in [3.63, 3.8) is 0 Å². The third-order valence-electron chi connectivity index (χ3n) is 9.15. The molecule has 1 aliphatic rings. The maximum absolute atomic E-state index is 12.5. The molecule has 278 valence electrons. The van der Waals surface area contributed by atoms with Crippen LogP contribution in [0, 0.1) is 0 Å². The summed E-state index contributed by atoms with van der Waals surface area (Å²) in [6, 6.07) is 0.00729. The Morgan fingerprint density at radius 2 is 0.851 bits per heavy atom. The SMILES string of the molecule is CCCCCCCCCCCCSCCCNC(=O)NCCN1CCN(C(=O)NCCCSCCCCCCCCCCCC)CC1. The van der Waals surface area contributed by atoms with Gasteiger partial charge in [0.05, 0.1) is 0 Å². The molecular formula is C38H77N5O2S2. The smallest absolute Gasteiger partial charge is 0.317 e. The molecule has 4 amide bonds. The Labute approximate surface area is 300 Å². The van der Waals surface area contributed by atoms with Gasteiger partial charge in [-0.25, -0.2) is 9.59 Å². The molecule has 0 aromatic heterocycles. The zero-order chi connectivity index (χ0) is 33.9. The molecule has 0 aliphatic carbocycles. The van der Waals surface area contributed by atoms with E-state index in [1.807, 2.05) is 28.4 Å². The van der Waals surface area contributed by atoms with Gasteiger partial charge in [0.1, 0.15) is 0 Å². The van der Waals surface area contributed by atoms with Crippen LogP contribution in [0.5, 0.6) is 0 Å². The number of amides is 4. The van der Waals surface area contributed by atoms with Crippen molar-refractivity contribution < 1.29 is 9.59 Å². The molecule has 0 aromatic carbocycles. The summed E-state index contributed by atoms with van der Waals surface area (Å²) in [5, 5.41) is 9.10. The number of carbonyl (C=O) groups is 2. The lowest BCUT2D eigenvalue weighted by Crippen LogP contribution is -2.53. The van der Waals surface area contributed by atoms with E-state index in [0.29, 0.717) is 6.54 Å². The molecule has 0 atom stereocenters. The molecule has 9 heteroatoms. The van der Waals surface area contributed by atoms with Crippen molar-refractivity contribution in [3.8, 4) is 0 Å². The highest BCUT2D eigenvalue weighted by molar-refractivity contribution is 7.99. The van der Waals surface area contributed by atoms with Crippen molar-refractivity contribution in [2.45, 2.75) is 155 Å². The molecule has 3 N–H and O–H groups in total. The first-order valence-electron chi connectivity index (χ1n) is 20.1. The van der Waals surface area contributed by atoms with Crippen molar-refractivity contribution in [2.24, 2.45) is 0 Å². The van der Waals surface area contributed by atoms with Crippen LogP contribution in [-0.2, 0) is 0 Å². The van der Waals surface area contributed by atoms with Gasteiger partial charge in [0, 0.05) is 52.4 Å². The number of unbranched alkanes of at least 4 members (excludes halogenated alkanes) is 18. The third kappa shape index (κ3) is 29.8. The molecular weight excluding hydrogens is 623 g/mol.